The SMILES string of the molecule is N=C(N)c1ccc(NC(=O)c2nn(-c3ccccc3)c(-c3ccccc3)c2NC(=O)CCCC(=O)O)cc1. The first-order chi connectivity index (χ1) is 18.3. The second-order valence-electron chi connectivity index (χ2n) is 8.43. The van der Waals surface area contributed by atoms with E-state index in [1.165, 1.54) is 0 Å². The third-order valence-electron chi connectivity index (χ3n) is 5.66. The molecule has 0 aliphatic carbocycles. The van der Waals surface area contributed by atoms with Gasteiger partial charge in [0.15, 0.2) is 5.69 Å². The summed E-state index contributed by atoms with van der Waals surface area (Å²) in [6, 6.07) is 24.9. The average Bonchev–Trinajstić information content (AvgIpc) is 3.29. The van der Waals surface area contributed by atoms with Gasteiger partial charge in [-0.1, -0.05) is 48.5 Å². The zero-order valence-corrected chi connectivity index (χ0v) is 20.3. The van der Waals surface area contributed by atoms with Gasteiger partial charge in [-0.3, -0.25) is 19.8 Å². The number of amides is 2. The molecule has 0 unspecified atom stereocenters. The standard InChI is InChI=1S/C28H26N6O4/c29-27(30)19-14-16-20(17-15-19)31-28(38)25-24(32-22(35)12-7-13-23(36)37)26(18-8-3-1-4-9-18)34(33-25)21-10-5-2-6-11-21/h1-6,8-11,14-17H,7,12-13H2,(H3,29,30)(H,31,38)(H,32,35)(H,36,37). The van der Waals surface area contributed by atoms with Crippen molar-refractivity contribution in [2.24, 2.45) is 5.73 Å². The molecule has 0 aliphatic rings. The lowest BCUT2D eigenvalue weighted by Gasteiger charge is -2.11. The maximum absolute atomic E-state index is 13.5. The molecule has 0 bridgehead atoms. The van der Waals surface area contributed by atoms with Gasteiger partial charge in [0.25, 0.3) is 5.91 Å². The summed E-state index contributed by atoms with van der Waals surface area (Å²) in [5.41, 5.74) is 8.56. The highest BCUT2D eigenvalue weighted by Crippen LogP contribution is 2.34. The Balaban J connectivity index is 1.78. The van der Waals surface area contributed by atoms with Crippen LogP contribution in [0.5, 0.6) is 0 Å². The van der Waals surface area contributed by atoms with Crippen molar-refractivity contribution in [3.8, 4) is 16.9 Å². The van der Waals surface area contributed by atoms with Gasteiger partial charge in [-0.2, -0.15) is 5.10 Å². The minimum absolute atomic E-state index is 0.0186. The van der Waals surface area contributed by atoms with Crippen LogP contribution in [-0.2, 0) is 9.59 Å². The van der Waals surface area contributed by atoms with E-state index in [4.69, 9.17) is 16.2 Å². The molecule has 4 aromatic rings. The number of anilines is 2. The van der Waals surface area contributed by atoms with Crippen molar-refractivity contribution in [3.05, 3.63) is 96.2 Å². The summed E-state index contributed by atoms with van der Waals surface area (Å²) in [6.07, 6.45) is -0.0326. The van der Waals surface area contributed by atoms with Gasteiger partial charge in [0.05, 0.1) is 11.4 Å². The summed E-state index contributed by atoms with van der Waals surface area (Å²) in [4.78, 5) is 37.2. The molecule has 6 N–H and O–H groups in total. The Bertz CT molecular complexity index is 1460. The van der Waals surface area contributed by atoms with Crippen molar-refractivity contribution in [2.75, 3.05) is 10.6 Å². The predicted octanol–water partition coefficient (Wildman–Crippen LogP) is 4.27. The fourth-order valence-corrected chi connectivity index (χ4v) is 3.84. The van der Waals surface area contributed by atoms with E-state index in [9.17, 15) is 14.4 Å². The number of aromatic nitrogens is 2. The summed E-state index contributed by atoms with van der Waals surface area (Å²) in [5.74, 6) is -2.08. The lowest BCUT2D eigenvalue weighted by atomic mass is 10.1. The van der Waals surface area contributed by atoms with Gasteiger partial charge >= 0.3 is 5.97 Å². The van der Waals surface area contributed by atoms with Crippen LogP contribution in [0.2, 0.25) is 0 Å². The third kappa shape index (κ3) is 6.11. The molecule has 10 nitrogen and oxygen atoms in total. The van der Waals surface area contributed by atoms with E-state index >= 15 is 0 Å². The highest BCUT2D eigenvalue weighted by atomic mass is 16.4. The Morgan fingerprint density at radius 2 is 1.50 bits per heavy atom. The minimum atomic E-state index is -0.990. The average molecular weight is 511 g/mol. The molecular formula is C28H26N6O4. The van der Waals surface area contributed by atoms with Crippen molar-refractivity contribution >= 4 is 35.0 Å². The Labute approximate surface area is 218 Å². The molecule has 1 aromatic heterocycles. The number of nitrogens with zero attached hydrogens (tertiary/aromatic N) is 2. The molecule has 38 heavy (non-hydrogen) atoms. The molecule has 0 saturated heterocycles. The second-order valence-corrected chi connectivity index (χ2v) is 8.43. The third-order valence-corrected chi connectivity index (χ3v) is 5.66. The van der Waals surface area contributed by atoms with Crippen LogP contribution in [0.25, 0.3) is 16.9 Å². The number of carbonyl (C=O) groups is 3. The number of carboxylic acid groups (broad SMARTS) is 1. The molecule has 0 spiro atoms. The highest BCUT2D eigenvalue weighted by Gasteiger charge is 2.26. The van der Waals surface area contributed by atoms with Crippen LogP contribution in [0, 0.1) is 5.41 Å². The lowest BCUT2D eigenvalue weighted by Crippen LogP contribution is -2.18. The maximum atomic E-state index is 13.5. The van der Waals surface area contributed by atoms with Gasteiger partial charge in [-0.25, -0.2) is 4.68 Å². The van der Waals surface area contributed by atoms with Crippen molar-refractivity contribution in [3.63, 3.8) is 0 Å². The van der Waals surface area contributed by atoms with E-state index in [1.807, 2.05) is 60.7 Å². The molecule has 0 aliphatic heterocycles. The number of amidine groups is 1. The first kappa shape index (κ1) is 25.8. The molecule has 0 atom stereocenters. The molecule has 1 heterocycles. The van der Waals surface area contributed by atoms with Crippen molar-refractivity contribution < 1.29 is 19.5 Å². The molecule has 0 fully saturated rings. The normalized spacial score (nSPS) is 10.5. The maximum Gasteiger partial charge on any atom is 0.303 e. The van der Waals surface area contributed by atoms with E-state index in [0.29, 0.717) is 22.6 Å². The van der Waals surface area contributed by atoms with Gasteiger partial charge in [0, 0.05) is 29.7 Å². The van der Waals surface area contributed by atoms with Crippen molar-refractivity contribution in [2.45, 2.75) is 19.3 Å². The van der Waals surface area contributed by atoms with Crippen molar-refractivity contribution in [1.82, 2.24) is 9.78 Å². The largest absolute Gasteiger partial charge is 0.481 e. The highest BCUT2D eigenvalue weighted by molar-refractivity contribution is 6.11. The Morgan fingerprint density at radius 1 is 0.868 bits per heavy atom. The van der Waals surface area contributed by atoms with Crippen LogP contribution in [0.15, 0.2) is 84.9 Å². The Kier molecular flexibility index (Phi) is 7.92. The number of nitrogens with one attached hydrogen (secondary N) is 3. The summed E-state index contributed by atoms with van der Waals surface area (Å²) in [5, 5.41) is 26.7. The molecule has 0 radical (unpaired) electrons. The van der Waals surface area contributed by atoms with Gasteiger partial charge < -0.3 is 21.5 Å². The Morgan fingerprint density at radius 3 is 2.11 bits per heavy atom. The molecule has 192 valence electrons. The number of rotatable bonds is 10. The van der Waals surface area contributed by atoms with Crippen LogP contribution in [0.3, 0.4) is 0 Å². The number of aliphatic carboxylic acids is 1. The number of para-hydroxylation sites is 1. The minimum Gasteiger partial charge on any atom is -0.481 e. The van der Waals surface area contributed by atoms with E-state index in [2.05, 4.69) is 15.7 Å². The zero-order valence-electron chi connectivity index (χ0n) is 20.3. The Hall–Kier alpha value is -5.25. The van der Waals surface area contributed by atoms with Crippen LogP contribution in [0.4, 0.5) is 11.4 Å². The topological polar surface area (TPSA) is 163 Å². The number of nitrogen functional groups attached to an aromatic ring is 1. The number of nitrogens with two attached hydrogens (primary N) is 1. The quantitative estimate of drug-likeness (QED) is 0.158. The fraction of sp³-hybridized carbons (Fsp3) is 0.107. The summed E-state index contributed by atoms with van der Waals surface area (Å²) >= 11 is 0. The van der Waals surface area contributed by atoms with Gasteiger partial charge in [-0.15, -0.1) is 0 Å². The zero-order chi connectivity index (χ0) is 27.1. The summed E-state index contributed by atoms with van der Waals surface area (Å²) < 4.78 is 1.59. The molecule has 3 aromatic carbocycles. The van der Waals surface area contributed by atoms with Crippen LogP contribution in [0.1, 0.15) is 35.3 Å². The summed E-state index contributed by atoms with van der Waals surface area (Å²) in [6.45, 7) is 0. The monoisotopic (exact) mass is 510 g/mol. The van der Waals surface area contributed by atoms with E-state index in [-0.39, 0.29) is 36.5 Å². The number of benzene rings is 3. The van der Waals surface area contributed by atoms with E-state index in [0.717, 1.165) is 5.56 Å². The van der Waals surface area contributed by atoms with Gasteiger partial charge in [0.1, 0.15) is 11.5 Å². The molecule has 10 heteroatoms. The van der Waals surface area contributed by atoms with Gasteiger partial charge in [0.2, 0.25) is 5.91 Å². The first-order valence-corrected chi connectivity index (χ1v) is 11.8. The summed E-state index contributed by atoms with van der Waals surface area (Å²) in [7, 11) is 0. The van der Waals surface area contributed by atoms with Crippen LogP contribution >= 0.6 is 0 Å². The number of hydrogen-bond acceptors (Lipinski definition) is 5. The molecule has 0 saturated carbocycles. The van der Waals surface area contributed by atoms with Crippen LogP contribution in [-0.4, -0.2) is 38.5 Å². The number of carboxylic acids is 1. The first-order valence-electron chi connectivity index (χ1n) is 11.8. The van der Waals surface area contributed by atoms with Crippen LogP contribution < -0.4 is 16.4 Å². The number of hydrogen-bond donors (Lipinski definition) is 5. The molecule has 2 amide bonds. The fourth-order valence-electron chi connectivity index (χ4n) is 3.84. The second kappa shape index (κ2) is 11.7. The van der Waals surface area contributed by atoms with Gasteiger partial charge in [-0.05, 0) is 42.8 Å². The van der Waals surface area contributed by atoms with E-state index < -0.39 is 17.8 Å². The molecule has 4 rings (SSSR count). The lowest BCUT2D eigenvalue weighted by molar-refractivity contribution is -0.137. The predicted molar refractivity (Wildman–Crippen MR) is 145 cm³/mol. The molecular weight excluding hydrogens is 484 g/mol. The smallest absolute Gasteiger partial charge is 0.303 e. The number of carbonyl (C=O) groups excluding carboxylic acids is 2. The van der Waals surface area contributed by atoms with E-state index in [1.54, 1.807) is 28.9 Å². The van der Waals surface area contributed by atoms with Crippen molar-refractivity contribution in [1.29, 1.82) is 5.41 Å².